The average molecular weight is 379 g/mol. The predicted molar refractivity (Wildman–Crippen MR) is 99.6 cm³/mol. The largest absolute Gasteiger partial charge is 0.360 e. The maximum Gasteiger partial charge on any atom is 0.360 e. The number of halogens is 1. The molecule has 0 saturated carbocycles. The number of carbonyl (C=O) groups excluding carboxylic acids is 1. The highest BCUT2D eigenvalue weighted by atomic mass is 35.7. The van der Waals surface area contributed by atoms with E-state index in [1.165, 1.54) is 4.67 Å². The Morgan fingerprint density at radius 2 is 1.72 bits per heavy atom. The lowest BCUT2D eigenvalue weighted by molar-refractivity contribution is 0.0923. The van der Waals surface area contributed by atoms with E-state index in [4.69, 9.17) is 11.2 Å². The molecule has 3 rings (SSSR count). The zero-order chi connectivity index (χ0) is 17.9. The van der Waals surface area contributed by atoms with Crippen LogP contribution in [0, 0.1) is 0 Å². The molecule has 0 bridgehead atoms. The van der Waals surface area contributed by atoms with E-state index in [-0.39, 0.29) is 11.9 Å². The molecule has 0 aromatic heterocycles. The van der Waals surface area contributed by atoms with Crippen molar-refractivity contribution >= 4 is 24.0 Å². The summed E-state index contributed by atoms with van der Waals surface area (Å²) in [6.45, 7) is -2.92. The lowest BCUT2D eigenvalue weighted by atomic mass is 10.0. The van der Waals surface area contributed by atoms with Crippen molar-refractivity contribution in [3.63, 3.8) is 0 Å². The highest BCUT2D eigenvalue weighted by molar-refractivity contribution is 7.82. The first-order valence-corrected chi connectivity index (χ1v) is 10.7. The second-order valence-electron chi connectivity index (χ2n) is 6.12. The number of nitrogens with one attached hydrogen (secondary N) is 1. The minimum absolute atomic E-state index is 0.0210. The molecule has 0 radical (unpaired) electrons. The number of benzene rings is 2. The third-order valence-corrected chi connectivity index (χ3v) is 6.13. The zero-order valence-electron chi connectivity index (χ0n) is 13.6. The molecule has 25 heavy (non-hydrogen) atoms. The van der Waals surface area contributed by atoms with E-state index in [2.05, 4.69) is 5.32 Å². The van der Waals surface area contributed by atoms with Crippen molar-refractivity contribution in [2.24, 2.45) is 0 Å². The zero-order valence-corrected chi connectivity index (χ0v) is 15.3. The first-order chi connectivity index (χ1) is 11.9. The standard InChI is InChI=1S/C18H20ClN2O3P/c19-25(23,24)21-11-9-17(10-12-21)20-18(22)16-8-4-7-15(13-16)14-5-2-1-3-6-14/h1-8,13,17H,9-12H2,(H,20,22)(H,23,24). The Bertz CT molecular complexity index is 786. The van der Waals surface area contributed by atoms with E-state index < -0.39 is 6.87 Å². The molecular weight excluding hydrogens is 359 g/mol. The minimum Gasteiger partial charge on any atom is -0.349 e. The van der Waals surface area contributed by atoms with Gasteiger partial charge in [-0.2, -0.15) is 0 Å². The van der Waals surface area contributed by atoms with E-state index in [0.717, 1.165) is 11.1 Å². The highest BCUT2D eigenvalue weighted by Gasteiger charge is 2.30. The maximum atomic E-state index is 12.5. The molecule has 1 fully saturated rings. The molecule has 0 spiro atoms. The fourth-order valence-corrected chi connectivity index (χ4v) is 4.17. The molecular formula is C18H20ClN2O3P. The number of nitrogens with zero attached hydrogens (tertiary/aromatic N) is 1. The molecule has 1 aliphatic rings. The number of rotatable bonds is 4. The summed E-state index contributed by atoms with van der Waals surface area (Å²) < 4.78 is 12.8. The van der Waals surface area contributed by atoms with Gasteiger partial charge in [-0.15, -0.1) is 0 Å². The molecule has 0 aliphatic carbocycles. The van der Waals surface area contributed by atoms with Gasteiger partial charge in [-0.3, -0.25) is 9.36 Å². The summed E-state index contributed by atoms with van der Waals surface area (Å²) in [6.07, 6.45) is 1.20. The molecule has 7 heteroatoms. The summed E-state index contributed by atoms with van der Waals surface area (Å²) in [5.41, 5.74) is 2.66. The normalized spacial score (nSPS) is 18.5. The second-order valence-corrected chi connectivity index (χ2v) is 8.95. The molecule has 1 saturated heterocycles. The quantitative estimate of drug-likeness (QED) is 0.792. The third kappa shape index (κ3) is 4.71. The molecule has 1 atom stereocenters. The minimum atomic E-state index is -3.71. The molecule has 132 valence electrons. The second kappa shape index (κ2) is 7.71. The lowest BCUT2D eigenvalue weighted by Gasteiger charge is -2.32. The van der Waals surface area contributed by atoms with Crippen molar-refractivity contribution in [1.82, 2.24) is 9.99 Å². The SMILES string of the molecule is O=C(NC1CCN(P(=O)(O)Cl)CC1)c1cccc(-c2ccccc2)c1. The van der Waals surface area contributed by atoms with Crippen molar-refractivity contribution in [1.29, 1.82) is 0 Å². The van der Waals surface area contributed by atoms with Crippen LogP contribution in [0.3, 0.4) is 0 Å². The van der Waals surface area contributed by atoms with Gasteiger partial charge in [0.05, 0.1) is 0 Å². The van der Waals surface area contributed by atoms with Crippen molar-refractivity contribution in [3.8, 4) is 11.1 Å². The van der Waals surface area contributed by atoms with E-state index in [9.17, 15) is 14.3 Å². The van der Waals surface area contributed by atoms with Crippen LogP contribution < -0.4 is 5.32 Å². The molecule has 1 heterocycles. The Labute approximate surface area is 151 Å². The first-order valence-electron chi connectivity index (χ1n) is 8.18. The van der Waals surface area contributed by atoms with Gasteiger partial charge in [-0.25, -0.2) is 4.67 Å². The maximum absolute atomic E-state index is 12.5. The third-order valence-electron chi connectivity index (χ3n) is 4.39. The van der Waals surface area contributed by atoms with Crippen molar-refractivity contribution < 1.29 is 14.3 Å². The summed E-state index contributed by atoms with van der Waals surface area (Å²) in [5.74, 6) is -0.130. The van der Waals surface area contributed by atoms with E-state index in [1.807, 2.05) is 48.5 Å². The van der Waals surface area contributed by atoms with Gasteiger partial charge in [0.2, 0.25) is 0 Å². The Morgan fingerprint density at radius 1 is 1.08 bits per heavy atom. The predicted octanol–water partition coefficient (Wildman–Crippen LogP) is 3.89. The van der Waals surface area contributed by atoms with Gasteiger partial charge in [-0.1, -0.05) is 42.5 Å². The van der Waals surface area contributed by atoms with Crippen LogP contribution in [0.1, 0.15) is 23.2 Å². The first kappa shape index (κ1) is 18.2. The molecule has 1 amide bonds. The van der Waals surface area contributed by atoms with Crippen LogP contribution in [0.5, 0.6) is 0 Å². The highest BCUT2D eigenvalue weighted by Crippen LogP contribution is 2.51. The fraction of sp³-hybridized carbons (Fsp3) is 0.278. The van der Waals surface area contributed by atoms with Gasteiger partial charge in [-0.05, 0) is 47.3 Å². The van der Waals surface area contributed by atoms with Crippen LogP contribution in [-0.2, 0) is 4.57 Å². The summed E-state index contributed by atoms with van der Waals surface area (Å²) in [7, 11) is 0. The Morgan fingerprint density at radius 3 is 2.36 bits per heavy atom. The molecule has 2 aromatic rings. The Kier molecular flexibility index (Phi) is 5.60. The van der Waals surface area contributed by atoms with Crippen LogP contribution in [-0.4, -0.2) is 34.6 Å². The van der Waals surface area contributed by atoms with E-state index >= 15 is 0 Å². The summed E-state index contributed by atoms with van der Waals surface area (Å²) >= 11 is 5.49. The van der Waals surface area contributed by atoms with Crippen LogP contribution in [0.25, 0.3) is 11.1 Å². The number of carbonyl (C=O) groups is 1. The van der Waals surface area contributed by atoms with Crippen LogP contribution in [0.4, 0.5) is 0 Å². The average Bonchev–Trinajstić information content (AvgIpc) is 2.62. The van der Waals surface area contributed by atoms with Crippen molar-refractivity contribution in [3.05, 3.63) is 60.2 Å². The molecule has 2 N–H and O–H groups in total. The van der Waals surface area contributed by atoms with Crippen LogP contribution in [0.2, 0.25) is 0 Å². The summed E-state index contributed by atoms with van der Waals surface area (Å²) in [4.78, 5) is 21.9. The van der Waals surface area contributed by atoms with E-state index in [1.54, 1.807) is 6.07 Å². The smallest absolute Gasteiger partial charge is 0.349 e. The topological polar surface area (TPSA) is 69.6 Å². The van der Waals surface area contributed by atoms with Gasteiger partial charge in [0.15, 0.2) is 0 Å². The lowest BCUT2D eigenvalue weighted by Crippen LogP contribution is -2.43. The van der Waals surface area contributed by atoms with Gasteiger partial charge in [0.1, 0.15) is 0 Å². The number of hydrogen-bond acceptors (Lipinski definition) is 2. The Balaban J connectivity index is 1.64. The summed E-state index contributed by atoms with van der Waals surface area (Å²) in [6, 6.07) is 17.4. The number of amides is 1. The van der Waals surface area contributed by atoms with Gasteiger partial charge >= 0.3 is 6.87 Å². The molecule has 1 unspecified atom stereocenters. The number of hydrogen-bond donors (Lipinski definition) is 2. The van der Waals surface area contributed by atoms with Crippen LogP contribution in [0.15, 0.2) is 54.6 Å². The Hall–Kier alpha value is -1.65. The van der Waals surface area contributed by atoms with Gasteiger partial charge < -0.3 is 10.2 Å². The van der Waals surface area contributed by atoms with Crippen LogP contribution >= 0.6 is 18.1 Å². The monoisotopic (exact) mass is 378 g/mol. The van der Waals surface area contributed by atoms with Gasteiger partial charge in [0, 0.05) is 24.7 Å². The molecule has 2 aromatic carbocycles. The molecule has 1 aliphatic heterocycles. The summed E-state index contributed by atoms with van der Waals surface area (Å²) in [5, 5.41) is 3.01. The number of piperidine rings is 1. The molecule has 5 nitrogen and oxygen atoms in total. The van der Waals surface area contributed by atoms with Gasteiger partial charge in [0.25, 0.3) is 5.91 Å². The van der Waals surface area contributed by atoms with E-state index in [0.29, 0.717) is 31.5 Å². The van der Waals surface area contributed by atoms with Crippen molar-refractivity contribution in [2.75, 3.05) is 13.1 Å². The van der Waals surface area contributed by atoms with Crippen molar-refractivity contribution in [2.45, 2.75) is 18.9 Å². The fourth-order valence-electron chi connectivity index (χ4n) is 3.00.